The second-order valence-corrected chi connectivity index (χ2v) is 6.90. The van der Waals surface area contributed by atoms with Gasteiger partial charge >= 0.3 is 0 Å². The van der Waals surface area contributed by atoms with Crippen LogP contribution < -0.4 is 10.6 Å². The molecule has 0 aliphatic carbocycles. The summed E-state index contributed by atoms with van der Waals surface area (Å²) in [5.41, 5.74) is 2.22. The van der Waals surface area contributed by atoms with Crippen molar-refractivity contribution in [2.24, 2.45) is 12.0 Å². The number of nitrogens with zero attached hydrogens (tertiary/aromatic N) is 4. The Labute approximate surface area is 194 Å². The summed E-state index contributed by atoms with van der Waals surface area (Å²) >= 11 is 0. The Morgan fingerprint density at radius 2 is 1.70 bits per heavy atom. The summed E-state index contributed by atoms with van der Waals surface area (Å²) in [4.78, 5) is 4.70. The van der Waals surface area contributed by atoms with Crippen LogP contribution in [-0.2, 0) is 20.1 Å². The maximum atomic E-state index is 9.83. The van der Waals surface area contributed by atoms with Gasteiger partial charge in [0, 0.05) is 19.5 Å². The number of guanidine groups is 1. The highest BCUT2D eigenvalue weighted by atomic mass is 127. The van der Waals surface area contributed by atoms with Crippen molar-refractivity contribution in [3.05, 3.63) is 83.4 Å². The van der Waals surface area contributed by atoms with Crippen LogP contribution in [0, 0.1) is 6.92 Å². The predicted molar refractivity (Wildman–Crippen MR) is 130 cm³/mol. The number of aliphatic hydroxyl groups excluding tert-OH is 1. The Hall–Kier alpha value is -2.46. The lowest BCUT2D eigenvalue weighted by molar-refractivity contribution is 0.265. The molecule has 0 spiro atoms. The number of nitrogens with one attached hydrogen (secondary N) is 2. The third-order valence-electron chi connectivity index (χ3n) is 4.87. The van der Waals surface area contributed by atoms with Gasteiger partial charge in [-0.1, -0.05) is 60.7 Å². The summed E-state index contributed by atoms with van der Waals surface area (Å²) in [6, 6.07) is 20.1. The van der Waals surface area contributed by atoms with Crippen molar-refractivity contribution in [1.82, 2.24) is 25.4 Å². The third kappa shape index (κ3) is 6.81. The van der Waals surface area contributed by atoms with Crippen LogP contribution >= 0.6 is 24.0 Å². The van der Waals surface area contributed by atoms with Crippen molar-refractivity contribution in [3.63, 3.8) is 0 Å². The van der Waals surface area contributed by atoms with Crippen molar-refractivity contribution in [1.29, 1.82) is 0 Å². The van der Waals surface area contributed by atoms with Gasteiger partial charge in [0.1, 0.15) is 5.82 Å². The molecule has 0 aliphatic heterocycles. The quantitative estimate of drug-likeness (QED) is 0.242. The molecule has 7 nitrogen and oxygen atoms in total. The molecule has 160 valence electrons. The molecule has 0 fully saturated rings. The Bertz CT molecular complexity index is 914. The second kappa shape index (κ2) is 12.3. The van der Waals surface area contributed by atoms with Gasteiger partial charge in [0.25, 0.3) is 0 Å². The molecule has 0 aliphatic rings. The van der Waals surface area contributed by atoms with E-state index in [1.54, 1.807) is 0 Å². The summed E-state index contributed by atoms with van der Waals surface area (Å²) in [6.45, 7) is 3.62. The number of hydrogen-bond acceptors (Lipinski definition) is 4. The van der Waals surface area contributed by atoms with Gasteiger partial charge in [-0.05, 0) is 18.1 Å². The maximum absolute atomic E-state index is 9.83. The van der Waals surface area contributed by atoms with E-state index in [1.165, 1.54) is 0 Å². The molecule has 1 aromatic heterocycles. The zero-order valence-corrected chi connectivity index (χ0v) is 19.7. The number of benzene rings is 2. The van der Waals surface area contributed by atoms with Crippen LogP contribution in [0.15, 0.2) is 65.7 Å². The third-order valence-corrected chi connectivity index (χ3v) is 4.87. The molecule has 0 saturated carbocycles. The van der Waals surface area contributed by atoms with E-state index in [1.807, 2.05) is 79.2 Å². The van der Waals surface area contributed by atoms with Crippen LogP contribution in [0.4, 0.5) is 0 Å². The molecule has 1 atom stereocenters. The van der Waals surface area contributed by atoms with E-state index >= 15 is 0 Å². The fourth-order valence-corrected chi connectivity index (χ4v) is 2.93. The highest BCUT2D eigenvalue weighted by molar-refractivity contribution is 14.0. The first-order valence-electron chi connectivity index (χ1n) is 9.74. The van der Waals surface area contributed by atoms with E-state index in [2.05, 4.69) is 20.8 Å². The first kappa shape index (κ1) is 23.8. The highest BCUT2D eigenvalue weighted by Gasteiger charge is 2.12. The van der Waals surface area contributed by atoms with Crippen LogP contribution in [0.3, 0.4) is 0 Å². The number of hydrogen-bond donors (Lipinski definition) is 3. The van der Waals surface area contributed by atoms with Crippen LogP contribution in [-0.4, -0.2) is 39.0 Å². The number of aryl methyl sites for hydroxylation is 1. The van der Waals surface area contributed by atoms with Gasteiger partial charge in [0.15, 0.2) is 11.8 Å². The Kier molecular flexibility index (Phi) is 9.75. The molecule has 30 heavy (non-hydrogen) atoms. The van der Waals surface area contributed by atoms with Crippen molar-refractivity contribution < 1.29 is 5.11 Å². The van der Waals surface area contributed by atoms with Crippen LogP contribution in [0.5, 0.6) is 0 Å². The summed E-state index contributed by atoms with van der Waals surface area (Å²) in [6.07, 6.45) is 0. The monoisotopic (exact) mass is 520 g/mol. The number of rotatable bonds is 8. The lowest BCUT2D eigenvalue weighted by Gasteiger charge is -2.18. The minimum absolute atomic E-state index is 0. The van der Waals surface area contributed by atoms with Crippen LogP contribution in [0.2, 0.25) is 0 Å². The smallest absolute Gasteiger partial charge is 0.191 e. The van der Waals surface area contributed by atoms with E-state index < -0.39 is 0 Å². The minimum atomic E-state index is -0.0167. The molecular weight excluding hydrogens is 491 g/mol. The summed E-state index contributed by atoms with van der Waals surface area (Å²) in [7, 11) is 1.94. The van der Waals surface area contributed by atoms with Gasteiger partial charge in [-0.25, -0.2) is 4.99 Å². The SMILES string of the molecule is Cc1nnc(CNC(=NCc2ccccc2)NCC(CO)c2ccccc2)n1C.I. The molecule has 0 radical (unpaired) electrons. The number of aliphatic imine (C=N–C) groups is 1. The van der Waals surface area contributed by atoms with Gasteiger partial charge in [-0.15, -0.1) is 34.2 Å². The Morgan fingerprint density at radius 3 is 2.30 bits per heavy atom. The number of aliphatic hydroxyl groups is 1. The van der Waals surface area contributed by atoms with E-state index in [9.17, 15) is 5.11 Å². The van der Waals surface area contributed by atoms with Gasteiger partial charge in [-0.3, -0.25) is 0 Å². The minimum Gasteiger partial charge on any atom is -0.396 e. The first-order valence-corrected chi connectivity index (χ1v) is 9.74. The normalized spacial score (nSPS) is 12.2. The topological polar surface area (TPSA) is 87.4 Å². The molecule has 1 heterocycles. The van der Waals surface area contributed by atoms with E-state index in [4.69, 9.17) is 4.99 Å². The highest BCUT2D eigenvalue weighted by Crippen LogP contribution is 2.13. The standard InChI is InChI=1S/C22H28N6O.HI/c1-17-26-27-21(28(17)2)15-25-22(23-13-18-9-5-3-6-10-18)24-14-20(16-29)19-11-7-4-8-12-19;/h3-12,20,29H,13-16H2,1-2H3,(H2,23,24,25);1H. The lowest BCUT2D eigenvalue weighted by Crippen LogP contribution is -2.40. The molecule has 3 rings (SSSR count). The lowest BCUT2D eigenvalue weighted by atomic mass is 10.0. The number of halogens is 1. The van der Waals surface area contributed by atoms with Gasteiger partial charge < -0.3 is 20.3 Å². The van der Waals surface area contributed by atoms with Crippen LogP contribution in [0.1, 0.15) is 28.7 Å². The van der Waals surface area contributed by atoms with E-state index in [0.29, 0.717) is 25.6 Å². The zero-order valence-electron chi connectivity index (χ0n) is 17.3. The average molecular weight is 520 g/mol. The summed E-state index contributed by atoms with van der Waals surface area (Å²) < 4.78 is 1.95. The summed E-state index contributed by atoms with van der Waals surface area (Å²) in [5, 5.41) is 24.8. The Balaban J connectivity index is 0.00000320. The zero-order chi connectivity index (χ0) is 20.5. The van der Waals surface area contributed by atoms with Crippen LogP contribution in [0.25, 0.3) is 0 Å². The molecular formula is C22H29IN6O. The molecule has 3 N–H and O–H groups in total. The maximum Gasteiger partial charge on any atom is 0.191 e. The van der Waals surface area contributed by atoms with Gasteiger partial charge in [0.05, 0.1) is 19.7 Å². The molecule has 2 aromatic carbocycles. The fourth-order valence-electron chi connectivity index (χ4n) is 2.93. The number of aromatic nitrogens is 3. The average Bonchev–Trinajstić information content (AvgIpc) is 3.09. The molecule has 0 amide bonds. The van der Waals surface area contributed by atoms with E-state index in [-0.39, 0.29) is 36.5 Å². The van der Waals surface area contributed by atoms with Crippen molar-refractivity contribution in [2.75, 3.05) is 13.2 Å². The van der Waals surface area contributed by atoms with E-state index in [0.717, 1.165) is 22.8 Å². The molecule has 1 unspecified atom stereocenters. The first-order chi connectivity index (χ1) is 14.2. The Morgan fingerprint density at radius 1 is 1.03 bits per heavy atom. The molecule has 0 bridgehead atoms. The van der Waals surface area contributed by atoms with Gasteiger partial charge in [-0.2, -0.15) is 0 Å². The summed E-state index contributed by atoms with van der Waals surface area (Å²) in [5.74, 6) is 2.35. The fraction of sp³-hybridized carbons (Fsp3) is 0.318. The largest absolute Gasteiger partial charge is 0.396 e. The second-order valence-electron chi connectivity index (χ2n) is 6.90. The van der Waals surface area contributed by atoms with Crippen molar-refractivity contribution in [3.8, 4) is 0 Å². The molecule has 3 aromatic rings. The predicted octanol–water partition coefficient (Wildman–Crippen LogP) is 2.75. The van der Waals surface area contributed by atoms with Crippen molar-refractivity contribution >= 4 is 29.9 Å². The van der Waals surface area contributed by atoms with Crippen molar-refractivity contribution in [2.45, 2.75) is 25.9 Å². The molecule has 0 saturated heterocycles. The van der Waals surface area contributed by atoms with Gasteiger partial charge in [0.2, 0.25) is 0 Å². The molecule has 8 heteroatoms.